The van der Waals surface area contributed by atoms with Gasteiger partial charge in [-0.1, -0.05) is 15.9 Å². The van der Waals surface area contributed by atoms with E-state index in [2.05, 4.69) is 26.6 Å². The number of carbonyl (C=O) groups excluding carboxylic acids is 2. The van der Waals surface area contributed by atoms with Crippen molar-refractivity contribution in [2.75, 3.05) is 6.54 Å². The number of unbranched alkanes of at least 4 members (excludes halogenated alkanes) is 1. The Labute approximate surface area is 145 Å². The fourth-order valence-corrected chi connectivity index (χ4v) is 1.73. The lowest BCUT2D eigenvalue weighted by Crippen LogP contribution is -2.43. The first-order chi connectivity index (χ1) is 10.3. The van der Waals surface area contributed by atoms with Gasteiger partial charge in [0, 0.05) is 6.54 Å². The number of nitrogens with one attached hydrogen (secondary N) is 2. The van der Waals surface area contributed by atoms with Crippen molar-refractivity contribution in [1.29, 1.82) is 0 Å². The van der Waals surface area contributed by atoms with Crippen LogP contribution in [0.4, 0.5) is 4.79 Å². The SMILES string of the molecule is CC(C)(C)OC(=O)NC(CCCCNC(=O)C(C)(C)Br)C(=O)O. The molecule has 8 heteroatoms. The Morgan fingerprint density at radius 2 is 1.70 bits per heavy atom. The van der Waals surface area contributed by atoms with Gasteiger partial charge in [-0.2, -0.15) is 0 Å². The monoisotopic (exact) mass is 394 g/mol. The second-order valence-electron chi connectivity index (χ2n) is 6.76. The molecule has 0 spiro atoms. The molecule has 0 aliphatic rings. The van der Waals surface area contributed by atoms with Crippen LogP contribution in [0.5, 0.6) is 0 Å². The zero-order valence-corrected chi connectivity index (χ0v) is 15.9. The summed E-state index contributed by atoms with van der Waals surface area (Å²) in [5.74, 6) is -1.24. The Morgan fingerprint density at radius 1 is 1.13 bits per heavy atom. The fourth-order valence-electron chi connectivity index (χ4n) is 1.59. The van der Waals surface area contributed by atoms with E-state index in [1.165, 1.54) is 0 Å². The van der Waals surface area contributed by atoms with E-state index in [1.54, 1.807) is 34.6 Å². The molecule has 2 amide bonds. The average Bonchev–Trinajstić information content (AvgIpc) is 2.32. The molecule has 0 fully saturated rings. The molecule has 0 saturated heterocycles. The number of alkyl carbamates (subject to hydrolysis) is 1. The van der Waals surface area contributed by atoms with Crippen LogP contribution in [0.1, 0.15) is 53.9 Å². The highest BCUT2D eigenvalue weighted by atomic mass is 79.9. The molecule has 134 valence electrons. The molecule has 0 saturated carbocycles. The average molecular weight is 395 g/mol. The second kappa shape index (κ2) is 9.10. The van der Waals surface area contributed by atoms with E-state index in [4.69, 9.17) is 9.84 Å². The Kier molecular flexibility index (Phi) is 8.58. The van der Waals surface area contributed by atoms with Crippen LogP contribution >= 0.6 is 15.9 Å². The molecule has 0 heterocycles. The number of alkyl halides is 1. The van der Waals surface area contributed by atoms with Crippen LogP contribution < -0.4 is 10.6 Å². The molecule has 0 rings (SSSR count). The summed E-state index contributed by atoms with van der Waals surface area (Å²) in [6, 6.07) is -1.01. The number of hydrogen-bond donors (Lipinski definition) is 3. The minimum absolute atomic E-state index is 0.126. The van der Waals surface area contributed by atoms with Crippen molar-refractivity contribution in [1.82, 2.24) is 10.6 Å². The minimum atomic E-state index is -1.11. The predicted molar refractivity (Wildman–Crippen MR) is 90.7 cm³/mol. The summed E-state index contributed by atoms with van der Waals surface area (Å²) < 4.78 is 4.41. The van der Waals surface area contributed by atoms with E-state index in [-0.39, 0.29) is 12.3 Å². The van der Waals surface area contributed by atoms with E-state index in [0.717, 1.165) is 0 Å². The number of aliphatic carboxylic acids is 1. The molecule has 0 radical (unpaired) electrons. The van der Waals surface area contributed by atoms with Crippen LogP contribution in [0.15, 0.2) is 0 Å². The van der Waals surface area contributed by atoms with E-state index in [1.807, 2.05) is 0 Å². The van der Waals surface area contributed by atoms with Crippen LogP contribution in [0, 0.1) is 0 Å². The first kappa shape index (κ1) is 21.7. The van der Waals surface area contributed by atoms with Crippen molar-refractivity contribution >= 4 is 33.9 Å². The van der Waals surface area contributed by atoms with Gasteiger partial charge in [-0.05, 0) is 53.9 Å². The quantitative estimate of drug-likeness (QED) is 0.433. The molecular weight excluding hydrogens is 368 g/mol. The number of halogens is 1. The molecule has 7 nitrogen and oxygen atoms in total. The lowest BCUT2D eigenvalue weighted by molar-refractivity contribution is -0.139. The fraction of sp³-hybridized carbons (Fsp3) is 0.800. The van der Waals surface area contributed by atoms with Crippen molar-refractivity contribution in [3.05, 3.63) is 0 Å². The summed E-state index contributed by atoms with van der Waals surface area (Å²) >= 11 is 3.26. The summed E-state index contributed by atoms with van der Waals surface area (Å²) in [5.41, 5.74) is -0.681. The van der Waals surface area contributed by atoms with Crippen molar-refractivity contribution in [3.63, 3.8) is 0 Å². The number of ether oxygens (including phenoxy) is 1. The molecule has 1 unspecified atom stereocenters. The van der Waals surface area contributed by atoms with Crippen LogP contribution in [-0.2, 0) is 14.3 Å². The molecule has 0 aliphatic carbocycles. The van der Waals surface area contributed by atoms with Crippen molar-refractivity contribution in [2.45, 2.75) is 69.8 Å². The summed E-state index contributed by atoms with van der Waals surface area (Å²) in [4.78, 5) is 34.4. The molecule has 0 aliphatic heterocycles. The van der Waals surface area contributed by atoms with Crippen molar-refractivity contribution in [2.24, 2.45) is 0 Å². The topological polar surface area (TPSA) is 105 Å². The molecule has 0 aromatic rings. The Hall–Kier alpha value is -1.31. The molecule has 3 N–H and O–H groups in total. The maximum atomic E-state index is 11.6. The minimum Gasteiger partial charge on any atom is -0.480 e. The van der Waals surface area contributed by atoms with Gasteiger partial charge in [0.25, 0.3) is 0 Å². The Balaban J connectivity index is 4.14. The van der Waals surface area contributed by atoms with E-state index in [0.29, 0.717) is 19.4 Å². The lowest BCUT2D eigenvalue weighted by Gasteiger charge is -2.22. The van der Waals surface area contributed by atoms with Gasteiger partial charge >= 0.3 is 12.1 Å². The standard InChI is InChI=1S/C15H27BrN2O5/c1-14(2,3)23-13(22)18-10(11(19)20)8-6-7-9-17-12(21)15(4,5)16/h10H,6-9H2,1-5H3,(H,17,21)(H,18,22)(H,19,20). The van der Waals surface area contributed by atoms with Crippen molar-refractivity contribution < 1.29 is 24.2 Å². The van der Waals surface area contributed by atoms with Crippen LogP contribution in [0.3, 0.4) is 0 Å². The third-order valence-electron chi connectivity index (χ3n) is 2.73. The highest BCUT2D eigenvalue weighted by Gasteiger charge is 2.24. The first-order valence-corrected chi connectivity index (χ1v) is 8.32. The van der Waals surface area contributed by atoms with E-state index in [9.17, 15) is 14.4 Å². The first-order valence-electron chi connectivity index (χ1n) is 7.52. The van der Waals surface area contributed by atoms with Crippen LogP contribution in [0.25, 0.3) is 0 Å². The number of carbonyl (C=O) groups is 3. The molecule has 1 atom stereocenters. The van der Waals surface area contributed by atoms with Gasteiger partial charge in [0.05, 0.1) is 4.32 Å². The normalized spacial score (nSPS) is 13.1. The van der Waals surface area contributed by atoms with Gasteiger partial charge in [-0.25, -0.2) is 9.59 Å². The highest BCUT2D eigenvalue weighted by molar-refractivity contribution is 9.10. The second-order valence-corrected chi connectivity index (χ2v) is 8.74. The number of carboxylic acids is 1. The molecule has 0 bridgehead atoms. The van der Waals surface area contributed by atoms with Crippen molar-refractivity contribution in [3.8, 4) is 0 Å². The largest absolute Gasteiger partial charge is 0.480 e. The van der Waals surface area contributed by atoms with E-state index >= 15 is 0 Å². The number of hydrogen-bond acceptors (Lipinski definition) is 4. The molecular formula is C15H27BrN2O5. The third-order valence-corrected chi connectivity index (χ3v) is 3.09. The van der Waals surface area contributed by atoms with Gasteiger partial charge in [-0.3, -0.25) is 4.79 Å². The zero-order valence-electron chi connectivity index (χ0n) is 14.4. The number of carboxylic acid groups (broad SMARTS) is 1. The molecule has 0 aromatic heterocycles. The number of rotatable bonds is 8. The highest BCUT2D eigenvalue weighted by Crippen LogP contribution is 2.15. The smallest absolute Gasteiger partial charge is 0.408 e. The molecule has 0 aromatic carbocycles. The van der Waals surface area contributed by atoms with Gasteiger partial charge in [-0.15, -0.1) is 0 Å². The Bertz CT molecular complexity index is 427. The van der Waals surface area contributed by atoms with E-state index < -0.39 is 28.0 Å². The summed E-state index contributed by atoms with van der Waals surface area (Å²) in [7, 11) is 0. The van der Waals surface area contributed by atoms with Gasteiger partial charge in [0.1, 0.15) is 11.6 Å². The zero-order chi connectivity index (χ0) is 18.3. The van der Waals surface area contributed by atoms with Crippen LogP contribution in [0.2, 0.25) is 0 Å². The van der Waals surface area contributed by atoms with Gasteiger partial charge < -0.3 is 20.5 Å². The Morgan fingerprint density at radius 3 is 2.13 bits per heavy atom. The third kappa shape index (κ3) is 11.0. The predicted octanol–water partition coefficient (Wildman–Crippen LogP) is 2.42. The maximum absolute atomic E-state index is 11.6. The van der Waals surface area contributed by atoms with Gasteiger partial charge in [0.2, 0.25) is 5.91 Å². The summed E-state index contributed by atoms with van der Waals surface area (Å²) in [6.07, 6.45) is 0.686. The maximum Gasteiger partial charge on any atom is 0.408 e. The van der Waals surface area contributed by atoms with Crippen LogP contribution in [-0.4, -0.2) is 45.6 Å². The lowest BCUT2D eigenvalue weighted by atomic mass is 10.1. The van der Waals surface area contributed by atoms with Gasteiger partial charge in [0.15, 0.2) is 0 Å². The number of amides is 2. The summed E-state index contributed by atoms with van der Waals surface area (Å²) in [5, 5.41) is 14.2. The molecule has 23 heavy (non-hydrogen) atoms. The summed E-state index contributed by atoms with van der Waals surface area (Å²) in [6.45, 7) is 9.05.